The van der Waals surface area contributed by atoms with Crippen molar-refractivity contribution in [3.05, 3.63) is 10.4 Å². The van der Waals surface area contributed by atoms with E-state index in [1.165, 1.54) is 7.11 Å². The van der Waals surface area contributed by atoms with Gasteiger partial charge in [-0.05, 0) is 24.3 Å². The third-order valence-corrected chi connectivity index (χ3v) is 1.69. The Balaban J connectivity index is 2.57. The van der Waals surface area contributed by atoms with Crippen LogP contribution in [-0.2, 0) is 9.53 Å². The summed E-state index contributed by atoms with van der Waals surface area (Å²) in [5.74, 6) is -0.205. The molecule has 1 fully saturated rings. The first kappa shape index (κ1) is 7.88. The average molecular weight is 155 g/mol. The Morgan fingerprint density at radius 1 is 1.82 bits per heavy atom. The van der Waals surface area contributed by atoms with Gasteiger partial charge in [-0.3, -0.25) is 4.79 Å². The summed E-state index contributed by atoms with van der Waals surface area (Å²) in [6.45, 7) is 0. The van der Waals surface area contributed by atoms with Gasteiger partial charge < -0.3 is 4.74 Å². The number of azide groups is 1. The molecule has 0 aromatic rings. The van der Waals surface area contributed by atoms with Crippen molar-refractivity contribution in [2.24, 2.45) is 11.0 Å². The average Bonchev–Trinajstić information content (AvgIpc) is 2.81. The molecular weight excluding hydrogens is 146 g/mol. The highest BCUT2D eigenvalue weighted by Gasteiger charge is 2.36. The number of carbonyl (C=O) groups excluding carboxylic acids is 1. The van der Waals surface area contributed by atoms with Gasteiger partial charge in [-0.1, -0.05) is 5.11 Å². The fourth-order valence-corrected chi connectivity index (χ4v) is 0.922. The monoisotopic (exact) mass is 155 g/mol. The van der Waals surface area contributed by atoms with Crippen LogP contribution in [-0.4, -0.2) is 19.1 Å². The SMILES string of the molecule is COC(=O)C(N=[N+]=[N-])C1CC1. The molecule has 0 aliphatic heterocycles. The van der Waals surface area contributed by atoms with Gasteiger partial charge in [0.2, 0.25) is 0 Å². The minimum Gasteiger partial charge on any atom is -0.469 e. The lowest BCUT2D eigenvalue weighted by Crippen LogP contribution is -2.21. The van der Waals surface area contributed by atoms with Crippen LogP contribution in [0, 0.1) is 5.92 Å². The van der Waals surface area contributed by atoms with Crippen LogP contribution in [0.25, 0.3) is 10.4 Å². The fraction of sp³-hybridized carbons (Fsp3) is 0.833. The van der Waals surface area contributed by atoms with E-state index in [2.05, 4.69) is 14.8 Å². The van der Waals surface area contributed by atoms with Crippen molar-refractivity contribution < 1.29 is 9.53 Å². The molecule has 1 saturated carbocycles. The van der Waals surface area contributed by atoms with Crippen LogP contribution in [0.5, 0.6) is 0 Å². The molecule has 0 heterocycles. The fourth-order valence-electron chi connectivity index (χ4n) is 0.922. The molecule has 1 aliphatic rings. The molecule has 0 radical (unpaired) electrons. The highest BCUT2D eigenvalue weighted by atomic mass is 16.5. The second-order valence-electron chi connectivity index (χ2n) is 2.51. The molecule has 5 nitrogen and oxygen atoms in total. The van der Waals surface area contributed by atoms with E-state index < -0.39 is 12.0 Å². The number of esters is 1. The van der Waals surface area contributed by atoms with Crippen molar-refractivity contribution in [2.75, 3.05) is 7.11 Å². The Morgan fingerprint density at radius 2 is 2.45 bits per heavy atom. The maximum absolute atomic E-state index is 10.9. The lowest BCUT2D eigenvalue weighted by Gasteiger charge is -2.04. The highest BCUT2D eigenvalue weighted by molar-refractivity contribution is 5.76. The molecule has 60 valence electrons. The molecule has 5 heteroatoms. The Kier molecular flexibility index (Phi) is 2.33. The molecule has 0 spiro atoms. The van der Waals surface area contributed by atoms with Crippen molar-refractivity contribution in [3.8, 4) is 0 Å². The van der Waals surface area contributed by atoms with Crippen molar-refractivity contribution in [3.63, 3.8) is 0 Å². The van der Waals surface area contributed by atoms with Crippen LogP contribution in [0.15, 0.2) is 5.11 Å². The molecule has 1 atom stereocenters. The van der Waals surface area contributed by atoms with E-state index in [1.54, 1.807) is 0 Å². The van der Waals surface area contributed by atoms with Gasteiger partial charge >= 0.3 is 5.97 Å². The molecule has 1 rings (SSSR count). The number of ether oxygens (including phenoxy) is 1. The summed E-state index contributed by atoms with van der Waals surface area (Å²) < 4.78 is 4.46. The summed E-state index contributed by atoms with van der Waals surface area (Å²) in [5.41, 5.74) is 8.11. The Morgan fingerprint density at radius 3 is 2.82 bits per heavy atom. The maximum atomic E-state index is 10.9. The first-order valence-electron chi connectivity index (χ1n) is 3.41. The smallest absolute Gasteiger partial charge is 0.314 e. The van der Waals surface area contributed by atoms with E-state index in [4.69, 9.17) is 5.53 Å². The van der Waals surface area contributed by atoms with E-state index in [9.17, 15) is 4.79 Å². The van der Waals surface area contributed by atoms with E-state index >= 15 is 0 Å². The molecule has 11 heavy (non-hydrogen) atoms. The number of methoxy groups -OCH3 is 1. The maximum Gasteiger partial charge on any atom is 0.314 e. The van der Waals surface area contributed by atoms with E-state index in [0.717, 1.165) is 12.8 Å². The molecule has 0 aromatic heterocycles. The number of rotatable bonds is 3. The lowest BCUT2D eigenvalue weighted by molar-refractivity contribution is -0.142. The van der Waals surface area contributed by atoms with Crippen LogP contribution in [0.4, 0.5) is 0 Å². The lowest BCUT2D eigenvalue weighted by atomic mass is 10.2. The molecule has 1 unspecified atom stereocenters. The Hall–Kier alpha value is -1.22. The highest BCUT2D eigenvalue weighted by Crippen LogP contribution is 2.34. The number of nitrogens with zero attached hydrogens (tertiary/aromatic N) is 3. The summed E-state index contributed by atoms with van der Waals surface area (Å²) >= 11 is 0. The van der Waals surface area contributed by atoms with Gasteiger partial charge in [0.15, 0.2) is 0 Å². The summed E-state index contributed by atoms with van der Waals surface area (Å²) in [6.07, 6.45) is 1.91. The molecule has 0 bridgehead atoms. The first-order chi connectivity index (χ1) is 5.29. The quantitative estimate of drug-likeness (QED) is 0.266. The van der Waals surface area contributed by atoms with E-state index in [0.29, 0.717) is 0 Å². The van der Waals surface area contributed by atoms with Crippen LogP contribution in [0.1, 0.15) is 12.8 Å². The van der Waals surface area contributed by atoms with Crippen LogP contribution in [0.2, 0.25) is 0 Å². The summed E-state index contributed by atoms with van der Waals surface area (Å²) in [7, 11) is 1.30. The molecule has 0 amide bonds. The first-order valence-corrected chi connectivity index (χ1v) is 3.41. The van der Waals surface area contributed by atoms with Crippen LogP contribution < -0.4 is 0 Å². The van der Waals surface area contributed by atoms with Gasteiger partial charge in [-0.15, -0.1) is 0 Å². The third kappa shape index (κ3) is 1.85. The Bertz CT molecular complexity index is 206. The van der Waals surface area contributed by atoms with Gasteiger partial charge in [0.1, 0.15) is 6.04 Å². The zero-order valence-electron chi connectivity index (χ0n) is 6.23. The molecule has 0 saturated heterocycles. The number of hydrogen-bond donors (Lipinski definition) is 0. The van der Waals surface area contributed by atoms with Crippen molar-refractivity contribution >= 4 is 5.97 Å². The second kappa shape index (κ2) is 3.25. The zero-order valence-corrected chi connectivity index (χ0v) is 6.23. The summed E-state index contributed by atoms with van der Waals surface area (Å²) in [5, 5.41) is 3.36. The zero-order chi connectivity index (χ0) is 8.27. The van der Waals surface area contributed by atoms with Crippen molar-refractivity contribution in [2.45, 2.75) is 18.9 Å². The van der Waals surface area contributed by atoms with Gasteiger partial charge in [-0.25, -0.2) is 0 Å². The van der Waals surface area contributed by atoms with E-state index in [-0.39, 0.29) is 5.92 Å². The van der Waals surface area contributed by atoms with Crippen LogP contribution in [0.3, 0.4) is 0 Å². The van der Waals surface area contributed by atoms with Crippen molar-refractivity contribution in [1.82, 2.24) is 0 Å². The van der Waals surface area contributed by atoms with Gasteiger partial charge in [0, 0.05) is 4.91 Å². The molecule has 0 N–H and O–H groups in total. The van der Waals surface area contributed by atoms with Crippen LogP contribution >= 0.6 is 0 Å². The van der Waals surface area contributed by atoms with Gasteiger partial charge in [-0.2, -0.15) is 0 Å². The van der Waals surface area contributed by atoms with Gasteiger partial charge in [0.05, 0.1) is 7.11 Å². The second-order valence-corrected chi connectivity index (χ2v) is 2.51. The predicted octanol–water partition coefficient (Wildman–Crippen LogP) is 1.25. The minimum absolute atomic E-state index is 0.221. The Labute approximate surface area is 64.0 Å². The standard InChI is InChI=1S/C6H9N3O2/c1-11-6(10)5(8-9-7)4-2-3-4/h4-5H,2-3H2,1H3. The predicted molar refractivity (Wildman–Crippen MR) is 37.7 cm³/mol. The van der Waals surface area contributed by atoms with E-state index in [1.807, 2.05) is 0 Å². The summed E-state index contributed by atoms with van der Waals surface area (Å²) in [6, 6.07) is -0.593. The normalized spacial score (nSPS) is 18.3. The molecular formula is C6H9N3O2. The number of carbonyl (C=O) groups is 1. The van der Waals surface area contributed by atoms with Gasteiger partial charge in [0.25, 0.3) is 0 Å². The third-order valence-electron chi connectivity index (χ3n) is 1.69. The number of hydrogen-bond acceptors (Lipinski definition) is 3. The summed E-state index contributed by atoms with van der Waals surface area (Å²) in [4.78, 5) is 13.5. The molecule has 0 aromatic carbocycles. The molecule has 1 aliphatic carbocycles. The minimum atomic E-state index is -0.593. The van der Waals surface area contributed by atoms with Crippen molar-refractivity contribution in [1.29, 1.82) is 0 Å². The largest absolute Gasteiger partial charge is 0.469 e. The topological polar surface area (TPSA) is 75.1 Å².